The third kappa shape index (κ3) is 7.14. The Balaban J connectivity index is 1.15. The van der Waals surface area contributed by atoms with Crippen molar-refractivity contribution in [1.29, 1.82) is 0 Å². The van der Waals surface area contributed by atoms with Gasteiger partial charge in [-0.2, -0.15) is 5.21 Å². The molecule has 1 fully saturated rings. The maximum atomic E-state index is 13.9. The van der Waals surface area contributed by atoms with Crippen LogP contribution in [0.15, 0.2) is 91.4 Å². The molecule has 46 heavy (non-hydrogen) atoms. The summed E-state index contributed by atoms with van der Waals surface area (Å²) in [5, 5.41) is 14.0. The van der Waals surface area contributed by atoms with E-state index in [1.165, 1.54) is 4.90 Å². The summed E-state index contributed by atoms with van der Waals surface area (Å²) < 4.78 is 5.73. The monoisotopic (exact) mass is 617 g/mol. The first-order valence-corrected chi connectivity index (χ1v) is 15.3. The number of benzene rings is 2. The first-order valence-electron chi connectivity index (χ1n) is 15.3. The average molecular weight is 618 g/mol. The number of aromatic nitrogens is 6. The van der Waals surface area contributed by atoms with Crippen molar-refractivity contribution in [3.8, 4) is 34.1 Å². The van der Waals surface area contributed by atoms with E-state index in [9.17, 15) is 9.59 Å². The summed E-state index contributed by atoms with van der Waals surface area (Å²) in [5.74, 6) is 0.942. The number of pyridine rings is 2. The third-order valence-electron chi connectivity index (χ3n) is 8.35. The number of carbonyl (C=O) groups is 2. The lowest BCUT2D eigenvalue weighted by molar-refractivity contribution is -0.130. The zero-order valence-corrected chi connectivity index (χ0v) is 25.2. The topological polar surface area (TPSA) is 179 Å². The molecule has 12 nitrogen and oxygen atoms in total. The van der Waals surface area contributed by atoms with Crippen LogP contribution in [-0.2, 0) is 16.0 Å². The van der Waals surface area contributed by atoms with Crippen molar-refractivity contribution in [2.45, 2.75) is 38.1 Å². The second-order valence-electron chi connectivity index (χ2n) is 11.4. The summed E-state index contributed by atoms with van der Waals surface area (Å²) in [5.41, 5.74) is 16.3. The Morgan fingerprint density at radius 2 is 1.65 bits per heavy atom. The zero-order chi connectivity index (χ0) is 31.9. The van der Waals surface area contributed by atoms with Crippen molar-refractivity contribution in [3.05, 3.63) is 97.0 Å². The molecule has 0 saturated heterocycles. The molecule has 0 unspecified atom stereocenters. The number of amides is 2. The van der Waals surface area contributed by atoms with Crippen molar-refractivity contribution in [1.82, 2.24) is 30.6 Å². The molecule has 5 N–H and O–H groups in total. The van der Waals surface area contributed by atoms with E-state index in [1.807, 2.05) is 36.4 Å². The second kappa shape index (κ2) is 14.2. The van der Waals surface area contributed by atoms with Crippen LogP contribution < -0.4 is 21.1 Å². The number of imide groups is 1. The van der Waals surface area contributed by atoms with Gasteiger partial charge in [-0.25, -0.2) is 9.88 Å². The second-order valence-corrected chi connectivity index (χ2v) is 11.4. The van der Waals surface area contributed by atoms with Gasteiger partial charge in [-0.05, 0) is 103 Å². The summed E-state index contributed by atoms with van der Waals surface area (Å²) in [6.45, 7) is 0.604. The van der Waals surface area contributed by atoms with E-state index in [1.54, 1.807) is 55.0 Å². The van der Waals surface area contributed by atoms with Crippen molar-refractivity contribution in [2.24, 2.45) is 23.3 Å². The lowest BCUT2D eigenvalue weighted by Gasteiger charge is -2.32. The van der Waals surface area contributed by atoms with Gasteiger partial charge in [-0.15, -0.1) is 10.2 Å². The van der Waals surface area contributed by atoms with Crippen LogP contribution in [0.5, 0.6) is 11.6 Å². The number of H-pyrrole nitrogens is 1. The summed E-state index contributed by atoms with van der Waals surface area (Å²) in [6.07, 6.45) is 8.41. The number of anilines is 1. The van der Waals surface area contributed by atoms with Crippen LogP contribution >= 0.6 is 0 Å². The number of aromatic amines is 1. The molecule has 1 saturated carbocycles. The summed E-state index contributed by atoms with van der Waals surface area (Å²) >= 11 is 0. The summed E-state index contributed by atoms with van der Waals surface area (Å²) in [4.78, 5) is 37.5. The minimum absolute atomic E-state index is 0.234. The minimum atomic E-state index is -0.933. The minimum Gasteiger partial charge on any atom is -0.437 e. The van der Waals surface area contributed by atoms with Gasteiger partial charge in [-0.3, -0.25) is 14.6 Å². The SMILES string of the molecule is NCC1CCC(C(=O)N(C(=O)[C@@H](N)Cc2ccc(-c3ccc(Oc4cccnc4)nc3)cc2)c2ccc(-c3nn[nH]n3)cc2)CC1. The third-order valence-corrected chi connectivity index (χ3v) is 8.35. The van der Waals surface area contributed by atoms with Gasteiger partial charge in [-0.1, -0.05) is 24.3 Å². The van der Waals surface area contributed by atoms with Gasteiger partial charge in [0.05, 0.1) is 17.9 Å². The number of rotatable bonds is 10. The highest BCUT2D eigenvalue weighted by Gasteiger charge is 2.35. The van der Waals surface area contributed by atoms with Gasteiger partial charge in [0.25, 0.3) is 5.91 Å². The number of tetrazole rings is 1. The number of nitrogens with one attached hydrogen (secondary N) is 1. The van der Waals surface area contributed by atoms with Gasteiger partial charge in [0.15, 0.2) is 0 Å². The predicted molar refractivity (Wildman–Crippen MR) is 172 cm³/mol. The smallest absolute Gasteiger partial charge is 0.251 e. The van der Waals surface area contributed by atoms with E-state index in [-0.39, 0.29) is 18.2 Å². The fourth-order valence-electron chi connectivity index (χ4n) is 5.71. The van der Waals surface area contributed by atoms with Gasteiger partial charge in [0.1, 0.15) is 5.75 Å². The van der Waals surface area contributed by atoms with Gasteiger partial charge in [0.2, 0.25) is 17.6 Å². The largest absolute Gasteiger partial charge is 0.437 e. The number of nitrogens with two attached hydrogens (primary N) is 2. The molecule has 1 atom stereocenters. The van der Waals surface area contributed by atoms with Crippen LogP contribution in [0.2, 0.25) is 0 Å². The molecule has 3 heterocycles. The first-order chi connectivity index (χ1) is 22.5. The van der Waals surface area contributed by atoms with E-state index in [0.717, 1.165) is 29.5 Å². The standard InChI is InChI=1S/C34H35N9O3/c35-19-23-5-9-26(10-6-23)33(44)43(28-14-11-25(12-15-28)32-39-41-42-40-32)34(45)30(36)18-22-3-7-24(8-4-22)27-13-16-31(38-20-27)46-29-2-1-17-37-21-29/h1-4,7-8,11-17,20-21,23,26,30H,5-6,9-10,18-19,35-36H2,(H,39,40,41,42)/t23?,26?,30-/m0/s1. The van der Waals surface area contributed by atoms with Gasteiger partial charge in [0, 0.05) is 35.5 Å². The van der Waals surface area contributed by atoms with Crippen LogP contribution in [0.3, 0.4) is 0 Å². The molecule has 3 aromatic heterocycles. The average Bonchev–Trinajstić information content (AvgIpc) is 3.65. The van der Waals surface area contributed by atoms with Gasteiger partial charge < -0.3 is 16.2 Å². The molecular formula is C34H35N9O3. The van der Waals surface area contributed by atoms with Crippen LogP contribution in [0, 0.1) is 11.8 Å². The molecule has 1 aliphatic rings. The number of hydrogen-bond acceptors (Lipinski definition) is 10. The lowest BCUT2D eigenvalue weighted by atomic mass is 9.81. The molecule has 6 rings (SSSR count). The van der Waals surface area contributed by atoms with E-state index >= 15 is 0 Å². The van der Waals surface area contributed by atoms with E-state index in [4.69, 9.17) is 16.2 Å². The molecule has 0 aliphatic heterocycles. The van der Waals surface area contributed by atoms with E-state index in [2.05, 4.69) is 30.6 Å². The normalized spacial score (nSPS) is 16.8. The Hall–Kier alpha value is -5.33. The highest BCUT2D eigenvalue weighted by atomic mass is 16.5. The number of nitrogens with zero attached hydrogens (tertiary/aromatic N) is 6. The molecule has 0 spiro atoms. The lowest BCUT2D eigenvalue weighted by Crippen LogP contribution is -2.50. The Bertz CT molecular complexity index is 1720. The van der Waals surface area contributed by atoms with E-state index in [0.29, 0.717) is 54.0 Å². The number of ether oxygens (including phenoxy) is 1. The first kappa shape index (κ1) is 30.7. The fourth-order valence-corrected chi connectivity index (χ4v) is 5.71. The maximum absolute atomic E-state index is 13.9. The van der Waals surface area contributed by atoms with Crippen LogP contribution in [0.4, 0.5) is 5.69 Å². The molecular weight excluding hydrogens is 582 g/mol. The van der Waals surface area contributed by atoms with Crippen LogP contribution in [0.25, 0.3) is 22.5 Å². The van der Waals surface area contributed by atoms with Crippen molar-refractivity contribution >= 4 is 17.5 Å². The Labute approximate surface area is 266 Å². The maximum Gasteiger partial charge on any atom is 0.251 e. The number of carbonyl (C=O) groups excluding carboxylic acids is 2. The molecule has 12 heteroatoms. The Morgan fingerprint density at radius 1 is 0.913 bits per heavy atom. The van der Waals surface area contributed by atoms with Crippen molar-refractivity contribution < 1.29 is 14.3 Å². The van der Waals surface area contributed by atoms with Crippen molar-refractivity contribution in [3.63, 3.8) is 0 Å². The summed E-state index contributed by atoms with van der Waals surface area (Å²) in [6, 6.07) is 21.1. The van der Waals surface area contributed by atoms with E-state index < -0.39 is 11.9 Å². The highest BCUT2D eigenvalue weighted by Crippen LogP contribution is 2.32. The fraction of sp³-hybridized carbons (Fsp3) is 0.265. The molecule has 2 aromatic carbocycles. The zero-order valence-electron chi connectivity index (χ0n) is 25.2. The van der Waals surface area contributed by atoms with Crippen LogP contribution in [-0.4, -0.2) is 55.0 Å². The molecule has 234 valence electrons. The summed E-state index contributed by atoms with van der Waals surface area (Å²) in [7, 11) is 0. The molecule has 5 aromatic rings. The van der Waals surface area contributed by atoms with Gasteiger partial charge >= 0.3 is 0 Å². The number of hydrogen-bond donors (Lipinski definition) is 3. The van der Waals surface area contributed by atoms with Crippen molar-refractivity contribution in [2.75, 3.05) is 11.4 Å². The Kier molecular flexibility index (Phi) is 9.46. The Morgan fingerprint density at radius 3 is 2.28 bits per heavy atom. The quantitative estimate of drug-likeness (QED) is 0.204. The highest BCUT2D eigenvalue weighted by molar-refractivity contribution is 6.17. The molecule has 2 amide bonds. The molecule has 1 aliphatic carbocycles. The molecule has 0 bridgehead atoms. The van der Waals surface area contributed by atoms with Crippen LogP contribution in [0.1, 0.15) is 31.2 Å². The predicted octanol–water partition coefficient (Wildman–Crippen LogP) is 4.31. The molecule has 0 radical (unpaired) electrons.